The van der Waals surface area contributed by atoms with Crippen molar-refractivity contribution >= 4 is 0 Å². The predicted octanol–water partition coefficient (Wildman–Crippen LogP) is 8.11. The topological polar surface area (TPSA) is 58.9 Å². The minimum Gasteiger partial charge on any atom is -0.504 e. The predicted molar refractivity (Wildman–Crippen MR) is 140 cm³/mol. The van der Waals surface area contributed by atoms with Gasteiger partial charge in [0.15, 0.2) is 11.5 Å². The van der Waals surface area contributed by atoms with E-state index in [2.05, 4.69) is 58.9 Å². The van der Waals surface area contributed by atoms with Crippen LogP contribution in [0, 0.1) is 6.92 Å². The number of rotatable bonds is 13. The highest BCUT2D eigenvalue weighted by Crippen LogP contribution is 2.48. The molecule has 4 nitrogen and oxygen atoms in total. The first-order valence-electron chi connectivity index (χ1n) is 11.9. The first-order valence-corrected chi connectivity index (χ1v) is 11.9. The SMILES string of the molecule is COc1c(O)c(C)c(C/C=C(\C)CC/C=C(\C)CC/C=C(/C)CCC=C(C)C)c(O)c1OC. The van der Waals surface area contributed by atoms with Gasteiger partial charge in [-0.2, -0.15) is 0 Å². The summed E-state index contributed by atoms with van der Waals surface area (Å²) in [6.07, 6.45) is 16.1. The fourth-order valence-electron chi connectivity index (χ4n) is 3.73. The van der Waals surface area contributed by atoms with Crippen molar-refractivity contribution in [2.75, 3.05) is 14.2 Å². The van der Waals surface area contributed by atoms with Crippen LogP contribution >= 0.6 is 0 Å². The Morgan fingerprint density at radius 1 is 0.667 bits per heavy atom. The first kappa shape index (κ1) is 28.4. The summed E-state index contributed by atoms with van der Waals surface area (Å²) < 4.78 is 10.4. The summed E-state index contributed by atoms with van der Waals surface area (Å²) >= 11 is 0. The second kappa shape index (κ2) is 14.5. The van der Waals surface area contributed by atoms with E-state index in [0.29, 0.717) is 17.5 Å². The van der Waals surface area contributed by atoms with Crippen LogP contribution < -0.4 is 9.47 Å². The number of ether oxygens (including phenoxy) is 2. The highest BCUT2D eigenvalue weighted by atomic mass is 16.5. The fraction of sp³-hybridized carbons (Fsp3) is 0.517. The van der Waals surface area contributed by atoms with E-state index < -0.39 is 0 Å². The second-order valence-electron chi connectivity index (χ2n) is 9.12. The van der Waals surface area contributed by atoms with Crippen LogP contribution in [-0.4, -0.2) is 24.4 Å². The van der Waals surface area contributed by atoms with Gasteiger partial charge in [0.2, 0.25) is 11.5 Å². The smallest absolute Gasteiger partial charge is 0.207 e. The van der Waals surface area contributed by atoms with Crippen molar-refractivity contribution in [3.05, 3.63) is 57.7 Å². The highest BCUT2D eigenvalue weighted by molar-refractivity contribution is 5.66. The van der Waals surface area contributed by atoms with E-state index >= 15 is 0 Å². The monoisotopic (exact) mass is 456 g/mol. The van der Waals surface area contributed by atoms with E-state index in [1.165, 1.54) is 36.5 Å². The third-order valence-corrected chi connectivity index (χ3v) is 5.95. The molecule has 0 bridgehead atoms. The minimum atomic E-state index is 0.00740. The zero-order valence-electron chi connectivity index (χ0n) is 22.0. The molecule has 1 rings (SSSR count). The van der Waals surface area contributed by atoms with Crippen molar-refractivity contribution in [1.29, 1.82) is 0 Å². The van der Waals surface area contributed by atoms with Crippen LogP contribution in [-0.2, 0) is 6.42 Å². The number of methoxy groups -OCH3 is 2. The molecule has 0 heterocycles. The normalized spacial score (nSPS) is 12.7. The van der Waals surface area contributed by atoms with Gasteiger partial charge in [-0.15, -0.1) is 0 Å². The van der Waals surface area contributed by atoms with Crippen LogP contribution in [0.5, 0.6) is 23.0 Å². The van der Waals surface area contributed by atoms with Crippen molar-refractivity contribution < 1.29 is 19.7 Å². The van der Waals surface area contributed by atoms with Crippen molar-refractivity contribution in [2.24, 2.45) is 0 Å². The molecule has 0 aliphatic rings. The second-order valence-corrected chi connectivity index (χ2v) is 9.12. The summed E-state index contributed by atoms with van der Waals surface area (Å²) in [4.78, 5) is 0. The number of hydrogen-bond donors (Lipinski definition) is 2. The molecule has 4 heteroatoms. The van der Waals surface area contributed by atoms with Crippen LogP contribution in [0.4, 0.5) is 0 Å². The van der Waals surface area contributed by atoms with E-state index in [-0.39, 0.29) is 23.0 Å². The number of allylic oxidation sites excluding steroid dienone is 8. The number of hydrogen-bond acceptors (Lipinski definition) is 4. The molecule has 0 saturated carbocycles. The Kier molecular flexibility index (Phi) is 12.5. The molecule has 1 aromatic carbocycles. The standard InChI is InChI=1S/C29H44O4/c1-20(2)12-9-13-21(3)14-10-15-22(4)16-11-17-23(5)18-19-25-24(6)26(30)28(32-7)29(33-8)27(25)31/h12,14,16,18,30-31H,9-11,13,15,17,19H2,1-8H3/b21-14-,22-16+,23-18+. The molecule has 0 aromatic heterocycles. The van der Waals surface area contributed by atoms with Crippen molar-refractivity contribution in [1.82, 2.24) is 0 Å². The first-order chi connectivity index (χ1) is 15.6. The number of benzene rings is 1. The molecule has 0 aliphatic carbocycles. The van der Waals surface area contributed by atoms with Gasteiger partial charge in [0, 0.05) is 11.1 Å². The molecule has 1 aromatic rings. The summed E-state index contributed by atoms with van der Waals surface area (Å²) in [6, 6.07) is 0. The van der Waals surface area contributed by atoms with E-state index in [0.717, 1.165) is 38.5 Å². The lowest BCUT2D eigenvalue weighted by Gasteiger charge is -2.17. The summed E-state index contributed by atoms with van der Waals surface area (Å²) in [5.74, 6) is 0.360. The Morgan fingerprint density at radius 3 is 1.55 bits per heavy atom. The molecule has 2 N–H and O–H groups in total. The van der Waals surface area contributed by atoms with Crippen molar-refractivity contribution in [3.8, 4) is 23.0 Å². The summed E-state index contributed by atoms with van der Waals surface area (Å²) in [5.41, 5.74) is 6.80. The van der Waals surface area contributed by atoms with Crippen LogP contribution in [0.2, 0.25) is 0 Å². The molecule has 0 radical (unpaired) electrons. The van der Waals surface area contributed by atoms with E-state index in [1.54, 1.807) is 6.92 Å². The van der Waals surface area contributed by atoms with Crippen molar-refractivity contribution in [3.63, 3.8) is 0 Å². The number of aromatic hydroxyl groups is 2. The van der Waals surface area contributed by atoms with Gasteiger partial charge in [0.05, 0.1) is 14.2 Å². The lowest BCUT2D eigenvalue weighted by Crippen LogP contribution is -1.98. The third kappa shape index (κ3) is 9.41. The van der Waals surface area contributed by atoms with Crippen LogP contribution in [0.1, 0.15) is 84.3 Å². The fourth-order valence-corrected chi connectivity index (χ4v) is 3.73. The lowest BCUT2D eigenvalue weighted by molar-refractivity contribution is 0.314. The van der Waals surface area contributed by atoms with Gasteiger partial charge in [0.25, 0.3) is 0 Å². The van der Waals surface area contributed by atoms with Gasteiger partial charge in [-0.3, -0.25) is 0 Å². The van der Waals surface area contributed by atoms with E-state index in [4.69, 9.17) is 9.47 Å². The quantitative estimate of drug-likeness (QED) is 0.232. The maximum atomic E-state index is 10.6. The molecule has 0 saturated heterocycles. The third-order valence-electron chi connectivity index (χ3n) is 5.95. The summed E-state index contributed by atoms with van der Waals surface area (Å²) in [5, 5.41) is 21.0. The van der Waals surface area contributed by atoms with E-state index in [9.17, 15) is 10.2 Å². The zero-order chi connectivity index (χ0) is 25.0. The molecule has 0 fully saturated rings. The Bertz CT molecular complexity index is 897. The molecule has 0 amide bonds. The number of phenols is 2. The van der Waals surface area contributed by atoms with Crippen molar-refractivity contribution in [2.45, 2.75) is 86.5 Å². The van der Waals surface area contributed by atoms with Gasteiger partial charge in [-0.1, -0.05) is 46.6 Å². The average Bonchev–Trinajstić information content (AvgIpc) is 2.75. The van der Waals surface area contributed by atoms with Gasteiger partial charge >= 0.3 is 0 Å². The molecular formula is C29H44O4. The maximum Gasteiger partial charge on any atom is 0.207 e. The minimum absolute atomic E-state index is 0.00740. The van der Waals surface area contributed by atoms with Gasteiger partial charge < -0.3 is 19.7 Å². The molecule has 0 atom stereocenters. The zero-order valence-corrected chi connectivity index (χ0v) is 22.0. The highest BCUT2D eigenvalue weighted by Gasteiger charge is 2.22. The molecule has 0 unspecified atom stereocenters. The molecule has 0 aliphatic heterocycles. The van der Waals surface area contributed by atoms with Crippen LogP contribution in [0.25, 0.3) is 0 Å². The molecule has 0 spiro atoms. The lowest BCUT2D eigenvalue weighted by atomic mass is 9.99. The van der Waals surface area contributed by atoms with Gasteiger partial charge in [0.1, 0.15) is 0 Å². The van der Waals surface area contributed by atoms with Crippen LogP contribution in [0.3, 0.4) is 0 Å². The maximum absolute atomic E-state index is 10.6. The number of phenolic OH excluding ortho intramolecular Hbond substituents is 2. The molecular weight excluding hydrogens is 412 g/mol. The van der Waals surface area contributed by atoms with Crippen LogP contribution in [0.15, 0.2) is 46.6 Å². The van der Waals surface area contributed by atoms with Gasteiger partial charge in [-0.05, 0) is 86.5 Å². The Labute approximate surface area is 201 Å². The molecule has 184 valence electrons. The summed E-state index contributed by atoms with van der Waals surface area (Å²) in [7, 11) is 2.90. The Morgan fingerprint density at radius 2 is 1.09 bits per heavy atom. The van der Waals surface area contributed by atoms with E-state index in [1.807, 2.05) is 0 Å². The Hall–Kier alpha value is -2.62. The average molecular weight is 457 g/mol. The largest absolute Gasteiger partial charge is 0.504 e. The molecule has 33 heavy (non-hydrogen) atoms. The summed E-state index contributed by atoms with van der Waals surface area (Å²) in [6.45, 7) is 12.6. The Balaban J connectivity index is 2.62. The van der Waals surface area contributed by atoms with Gasteiger partial charge in [-0.25, -0.2) is 0 Å².